The summed E-state index contributed by atoms with van der Waals surface area (Å²) in [6.07, 6.45) is -2.53. The molecule has 0 spiro atoms. The molecule has 0 unspecified atom stereocenters. The van der Waals surface area contributed by atoms with Gasteiger partial charge in [-0.25, -0.2) is 0 Å². The van der Waals surface area contributed by atoms with Crippen molar-refractivity contribution in [2.75, 3.05) is 13.7 Å². The first-order chi connectivity index (χ1) is 18.0. The van der Waals surface area contributed by atoms with Crippen molar-refractivity contribution in [1.82, 2.24) is 0 Å². The third-order valence-electron chi connectivity index (χ3n) is 6.32. The lowest BCUT2D eigenvalue weighted by Crippen LogP contribution is -2.50. The molecule has 0 aliphatic heterocycles. The fourth-order valence-electron chi connectivity index (χ4n) is 4.02. The Morgan fingerprint density at radius 3 is 2.21 bits per heavy atom. The van der Waals surface area contributed by atoms with Crippen LogP contribution in [0.1, 0.15) is 24.0 Å². The summed E-state index contributed by atoms with van der Waals surface area (Å²) in [5.74, 6) is -6.15. The third kappa shape index (κ3) is 6.10. The summed E-state index contributed by atoms with van der Waals surface area (Å²) >= 11 is 1.74. The molecular weight excluding hydrogens is 568 g/mol. The van der Waals surface area contributed by atoms with Gasteiger partial charge in [-0.05, 0) is 73.7 Å². The molecule has 2 atom stereocenters. The number of benzene rings is 4. The molecule has 0 saturated carbocycles. The average Bonchev–Trinajstić information content (AvgIpc) is 2.90. The summed E-state index contributed by atoms with van der Waals surface area (Å²) < 4.78 is 72.5. The zero-order valence-electron chi connectivity index (χ0n) is 20.6. The van der Waals surface area contributed by atoms with Crippen LogP contribution in [0.3, 0.4) is 0 Å². The molecule has 0 N–H and O–H groups in total. The van der Waals surface area contributed by atoms with Gasteiger partial charge < -0.3 is 14.2 Å². The molecule has 0 bridgehead atoms. The van der Waals surface area contributed by atoms with Gasteiger partial charge in [0.05, 0.1) is 26.2 Å². The largest absolute Gasteiger partial charge is 0.497 e. The van der Waals surface area contributed by atoms with Gasteiger partial charge in [0.2, 0.25) is 0 Å². The van der Waals surface area contributed by atoms with Crippen LogP contribution in [-0.4, -0.2) is 36.5 Å². The fraction of sp³-hybridized carbons (Fsp3) is 0.276. The highest BCUT2D eigenvalue weighted by molar-refractivity contribution is 9.10. The summed E-state index contributed by atoms with van der Waals surface area (Å²) in [4.78, 5) is 8.23. The normalized spacial score (nSPS) is 13.9. The summed E-state index contributed by atoms with van der Waals surface area (Å²) in [6, 6.07) is 23.4. The first-order valence-electron chi connectivity index (χ1n) is 11.8. The number of rotatable bonds is 10. The van der Waals surface area contributed by atoms with Gasteiger partial charge in [-0.15, -0.1) is 0 Å². The highest BCUT2D eigenvalue weighted by Crippen LogP contribution is 2.43. The van der Waals surface area contributed by atoms with Gasteiger partial charge in [0.25, 0.3) is 0 Å². The second-order valence-corrected chi connectivity index (χ2v) is 9.93. The number of carbonyl (C=O) groups is 1. The molecule has 0 aromatic heterocycles. The highest BCUT2D eigenvalue weighted by Gasteiger charge is 2.61. The fourth-order valence-corrected chi connectivity index (χ4v) is 4.28. The minimum atomic E-state index is -4.73. The summed E-state index contributed by atoms with van der Waals surface area (Å²) in [5.41, 5.74) is 1.14. The average molecular weight is 593 g/mol. The number of carbonyl (C=O) groups excluding carboxylic acids is 1. The van der Waals surface area contributed by atoms with Crippen LogP contribution >= 0.6 is 15.9 Å². The number of esters is 1. The minimum Gasteiger partial charge on any atom is -0.497 e. The Morgan fingerprint density at radius 1 is 0.868 bits per heavy atom. The van der Waals surface area contributed by atoms with E-state index < -0.39 is 35.4 Å². The molecule has 4 aromatic rings. The molecule has 4 aromatic carbocycles. The second-order valence-electron chi connectivity index (χ2n) is 8.94. The van der Waals surface area contributed by atoms with Gasteiger partial charge in [0, 0.05) is 0 Å². The van der Waals surface area contributed by atoms with Crippen LogP contribution in [0.2, 0.25) is 0 Å². The highest BCUT2D eigenvalue weighted by atomic mass is 79.9. The van der Waals surface area contributed by atoms with Crippen molar-refractivity contribution in [1.29, 1.82) is 0 Å². The third-order valence-corrected chi connectivity index (χ3v) is 6.85. The first-order valence-corrected chi connectivity index (χ1v) is 12.6. The van der Waals surface area contributed by atoms with E-state index in [0.717, 1.165) is 21.5 Å². The van der Waals surface area contributed by atoms with Crippen LogP contribution < -0.4 is 4.74 Å². The van der Waals surface area contributed by atoms with Gasteiger partial charge in [-0.3, -0.25) is 4.79 Å². The van der Waals surface area contributed by atoms with Crippen LogP contribution in [-0.2, 0) is 20.9 Å². The van der Waals surface area contributed by atoms with Crippen LogP contribution in [0.5, 0.6) is 5.75 Å². The molecule has 0 radical (unpaired) electrons. The Kier molecular flexibility index (Phi) is 8.28. The lowest BCUT2D eigenvalue weighted by molar-refractivity contribution is -0.231. The number of ether oxygens (including phenoxy) is 3. The monoisotopic (exact) mass is 592 g/mol. The Balaban J connectivity index is 1.48. The molecule has 4 nitrogen and oxygen atoms in total. The standard InChI is InChI=1S/C29H25BrF4O4/c1-18(21-9-10-24-15-25(36-2)12-11-23(24)14-21)27(35)38-26(28(31,32)29(30,33)34)17-37-16-19-7-8-20-5-3-4-6-22(20)13-19/h3-15,18,26H,16-17H2,1-2H3/t18-,26+/m0/s1. The number of alkyl halides is 5. The SMILES string of the molecule is COc1ccc2cc([C@H](C)C(=O)O[C@H](COCc3ccc4ccccc4c3)C(F)(F)C(F)(F)Br)ccc2c1. The Bertz CT molecular complexity index is 1440. The lowest BCUT2D eigenvalue weighted by atomic mass is 9.97. The van der Waals surface area contributed by atoms with Crippen LogP contribution in [0.15, 0.2) is 78.9 Å². The molecule has 0 heterocycles. The van der Waals surface area contributed by atoms with E-state index in [9.17, 15) is 22.4 Å². The molecule has 4 rings (SSSR count). The van der Waals surface area contributed by atoms with E-state index in [1.807, 2.05) is 42.5 Å². The van der Waals surface area contributed by atoms with Gasteiger partial charge >= 0.3 is 16.7 Å². The Hall–Kier alpha value is -3.17. The minimum absolute atomic E-state index is 0.132. The number of methoxy groups -OCH3 is 1. The van der Waals surface area contributed by atoms with Crippen LogP contribution in [0, 0.1) is 0 Å². The zero-order valence-corrected chi connectivity index (χ0v) is 22.2. The second kappa shape index (κ2) is 11.3. The van der Waals surface area contributed by atoms with E-state index in [-0.39, 0.29) is 6.61 Å². The quantitative estimate of drug-likeness (QED) is 0.107. The zero-order chi connectivity index (χ0) is 27.5. The van der Waals surface area contributed by atoms with E-state index >= 15 is 0 Å². The summed E-state index contributed by atoms with van der Waals surface area (Å²) in [5, 5.41) is 3.53. The smallest absolute Gasteiger partial charge is 0.367 e. The molecule has 9 heteroatoms. The lowest BCUT2D eigenvalue weighted by Gasteiger charge is -2.30. The van der Waals surface area contributed by atoms with E-state index in [4.69, 9.17) is 14.2 Å². The van der Waals surface area contributed by atoms with Gasteiger partial charge in [-0.2, -0.15) is 17.6 Å². The predicted octanol–water partition coefficient (Wildman–Crippen LogP) is 7.86. The van der Waals surface area contributed by atoms with Gasteiger partial charge in [-0.1, -0.05) is 60.7 Å². The first kappa shape index (κ1) is 27.9. The van der Waals surface area contributed by atoms with E-state index in [2.05, 4.69) is 0 Å². The van der Waals surface area contributed by atoms with Crippen molar-refractivity contribution in [2.45, 2.75) is 36.3 Å². The van der Waals surface area contributed by atoms with E-state index in [0.29, 0.717) is 16.9 Å². The molecule has 0 saturated heterocycles. The van der Waals surface area contributed by atoms with Crippen LogP contribution in [0.4, 0.5) is 17.6 Å². The Morgan fingerprint density at radius 2 is 1.50 bits per heavy atom. The maximum absolute atomic E-state index is 14.7. The molecule has 200 valence electrons. The van der Waals surface area contributed by atoms with Crippen molar-refractivity contribution in [3.8, 4) is 5.75 Å². The number of fused-ring (bicyclic) bond motifs is 2. The topological polar surface area (TPSA) is 44.8 Å². The van der Waals surface area contributed by atoms with E-state index in [1.165, 1.54) is 6.92 Å². The predicted molar refractivity (Wildman–Crippen MR) is 141 cm³/mol. The van der Waals surface area contributed by atoms with Gasteiger partial charge in [0.15, 0.2) is 6.10 Å². The maximum atomic E-state index is 14.7. The number of hydrogen-bond acceptors (Lipinski definition) is 4. The molecular formula is C29H25BrF4O4. The van der Waals surface area contributed by atoms with Crippen molar-refractivity contribution >= 4 is 43.4 Å². The van der Waals surface area contributed by atoms with E-state index in [1.54, 1.807) is 59.4 Å². The summed E-state index contributed by atoms with van der Waals surface area (Å²) in [6.45, 7) is 0.397. The van der Waals surface area contributed by atoms with Crippen molar-refractivity contribution in [3.63, 3.8) is 0 Å². The van der Waals surface area contributed by atoms with Crippen molar-refractivity contribution < 1.29 is 36.6 Å². The maximum Gasteiger partial charge on any atom is 0.367 e. The van der Waals surface area contributed by atoms with Crippen molar-refractivity contribution in [3.05, 3.63) is 90.0 Å². The summed E-state index contributed by atoms with van der Waals surface area (Å²) in [7, 11) is 1.54. The molecule has 0 fully saturated rings. The Labute approximate surface area is 225 Å². The van der Waals surface area contributed by atoms with Crippen LogP contribution in [0.25, 0.3) is 21.5 Å². The molecule has 0 amide bonds. The van der Waals surface area contributed by atoms with Crippen molar-refractivity contribution in [2.24, 2.45) is 0 Å². The molecule has 0 aliphatic rings. The molecule has 38 heavy (non-hydrogen) atoms. The molecule has 0 aliphatic carbocycles. The number of hydrogen-bond donors (Lipinski definition) is 0. The van der Waals surface area contributed by atoms with Gasteiger partial charge in [0.1, 0.15) is 5.75 Å². The number of halogens is 5.